The molecular formula is C25H26FN5O4. The molecule has 9 nitrogen and oxygen atoms in total. The van der Waals surface area contributed by atoms with Crippen molar-refractivity contribution in [2.75, 3.05) is 26.1 Å². The molecule has 0 bridgehead atoms. The monoisotopic (exact) mass is 479 g/mol. The zero-order valence-corrected chi connectivity index (χ0v) is 19.7. The second-order valence-corrected chi connectivity index (χ2v) is 8.22. The van der Waals surface area contributed by atoms with E-state index in [9.17, 15) is 14.0 Å². The summed E-state index contributed by atoms with van der Waals surface area (Å²) < 4.78 is 24.4. The number of aromatic nitrogens is 3. The van der Waals surface area contributed by atoms with Gasteiger partial charge in [0.15, 0.2) is 5.82 Å². The highest BCUT2D eigenvalue weighted by molar-refractivity contribution is 6.00. The standard InChI is InChI=1S/C25H26FN5O4/c1-15-5-7-17(30-23-21(25(33)35-3)20(34-2)9-12-29-23)14-31(15)24(32)19-13-16(26)6-8-18(19)22-27-10-4-11-28-22/h4,6,8-13,15,17H,5,7,14H2,1-3H3,(H,29,30)/t15-,17-/m1/s1. The fourth-order valence-corrected chi connectivity index (χ4v) is 4.21. The molecule has 10 heteroatoms. The van der Waals surface area contributed by atoms with Crippen molar-refractivity contribution in [1.29, 1.82) is 0 Å². The lowest BCUT2D eigenvalue weighted by molar-refractivity contribution is 0.0591. The van der Waals surface area contributed by atoms with Gasteiger partial charge in [0, 0.05) is 42.8 Å². The molecule has 3 aromatic rings. The van der Waals surface area contributed by atoms with Crippen LogP contribution in [0.2, 0.25) is 0 Å². The molecule has 0 saturated carbocycles. The Labute approximate surface area is 202 Å². The SMILES string of the molecule is COC(=O)c1c(OC)ccnc1N[C@@H]1CC[C@@H](C)N(C(=O)c2cc(F)ccc2-c2ncccn2)C1. The Bertz CT molecular complexity index is 1220. The van der Waals surface area contributed by atoms with Gasteiger partial charge in [-0.1, -0.05) is 0 Å². The number of anilines is 1. The number of nitrogens with zero attached hydrogens (tertiary/aromatic N) is 4. The summed E-state index contributed by atoms with van der Waals surface area (Å²) in [5.74, 6) is -0.431. The normalized spacial score (nSPS) is 17.5. The second-order valence-electron chi connectivity index (χ2n) is 8.22. The van der Waals surface area contributed by atoms with Crippen LogP contribution in [0, 0.1) is 5.82 Å². The van der Waals surface area contributed by atoms with Crippen molar-refractivity contribution in [2.24, 2.45) is 0 Å². The molecule has 0 aliphatic carbocycles. The van der Waals surface area contributed by atoms with E-state index in [0.717, 1.165) is 6.42 Å². The van der Waals surface area contributed by atoms with E-state index in [4.69, 9.17) is 9.47 Å². The second kappa shape index (κ2) is 10.5. The molecule has 4 rings (SSSR count). The summed E-state index contributed by atoms with van der Waals surface area (Å²) in [6, 6.07) is 6.99. The number of carbonyl (C=O) groups excluding carboxylic acids is 2. The van der Waals surface area contributed by atoms with Crippen molar-refractivity contribution < 1.29 is 23.5 Å². The lowest BCUT2D eigenvalue weighted by Gasteiger charge is -2.39. The average molecular weight is 480 g/mol. The van der Waals surface area contributed by atoms with E-state index in [1.54, 1.807) is 29.4 Å². The van der Waals surface area contributed by atoms with Crippen LogP contribution in [0.3, 0.4) is 0 Å². The minimum absolute atomic E-state index is 0.0771. The highest BCUT2D eigenvalue weighted by Gasteiger charge is 2.32. The van der Waals surface area contributed by atoms with Crippen molar-refractivity contribution in [3.8, 4) is 17.1 Å². The van der Waals surface area contributed by atoms with Gasteiger partial charge in [0.1, 0.15) is 22.9 Å². The van der Waals surface area contributed by atoms with E-state index in [-0.39, 0.29) is 29.1 Å². The highest BCUT2D eigenvalue weighted by Crippen LogP contribution is 2.29. The number of nitrogens with one attached hydrogen (secondary N) is 1. The lowest BCUT2D eigenvalue weighted by atomic mass is 9.96. The molecule has 1 amide bonds. The zero-order valence-electron chi connectivity index (χ0n) is 19.7. The summed E-state index contributed by atoms with van der Waals surface area (Å²) in [7, 11) is 2.75. The minimum atomic E-state index is -0.582. The number of hydrogen-bond donors (Lipinski definition) is 1. The smallest absolute Gasteiger partial charge is 0.345 e. The van der Waals surface area contributed by atoms with Crippen LogP contribution in [-0.4, -0.2) is 64.6 Å². The molecule has 2 aromatic heterocycles. The third-order valence-electron chi connectivity index (χ3n) is 6.02. The van der Waals surface area contributed by atoms with Crippen LogP contribution in [-0.2, 0) is 4.74 Å². The van der Waals surface area contributed by atoms with Crippen LogP contribution < -0.4 is 10.1 Å². The van der Waals surface area contributed by atoms with Crippen LogP contribution >= 0.6 is 0 Å². The first-order valence-corrected chi connectivity index (χ1v) is 11.2. The molecule has 182 valence electrons. The zero-order chi connectivity index (χ0) is 24.9. The highest BCUT2D eigenvalue weighted by atomic mass is 19.1. The van der Waals surface area contributed by atoms with Gasteiger partial charge in [0.25, 0.3) is 5.91 Å². The van der Waals surface area contributed by atoms with Gasteiger partial charge >= 0.3 is 5.97 Å². The van der Waals surface area contributed by atoms with Crippen molar-refractivity contribution in [1.82, 2.24) is 19.9 Å². The van der Waals surface area contributed by atoms with E-state index >= 15 is 0 Å². The van der Waals surface area contributed by atoms with Gasteiger partial charge in [-0.15, -0.1) is 0 Å². The number of esters is 1. The molecule has 35 heavy (non-hydrogen) atoms. The van der Waals surface area contributed by atoms with Crippen molar-refractivity contribution in [2.45, 2.75) is 31.8 Å². The molecule has 1 aromatic carbocycles. The number of piperidine rings is 1. The summed E-state index contributed by atoms with van der Waals surface area (Å²) in [5.41, 5.74) is 0.836. The van der Waals surface area contributed by atoms with Crippen LogP contribution in [0.5, 0.6) is 5.75 Å². The quantitative estimate of drug-likeness (QED) is 0.535. The Morgan fingerprint density at radius 3 is 2.57 bits per heavy atom. The van der Waals surface area contributed by atoms with Crippen LogP contribution in [0.1, 0.15) is 40.5 Å². The van der Waals surface area contributed by atoms with Gasteiger partial charge in [-0.05, 0) is 50.1 Å². The van der Waals surface area contributed by atoms with Gasteiger partial charge < -0.3 is 19.7 Å². The van der Waals surface area contributed by atoms with Crippen LogP contribution in [0.15, 0.2) is 48.9 Å². The van der Waals surface area contributed by atoms with Gasteiger partial charge in [0.2, 0.25) is 0 Å². The third-order valence-corrected chi connectivity index (χ3v) is 6.02. The van der Waals surface area contributed by atoms with Gasteiger partial charge in [-0.3, -0.25) is 4.79 Å². The number of carbonyl (C=O) groups is 2. The first-order valence-electron chi connectivity index (χ1n) is 11.2. The van der Waals surface area contributed by atoms with Gasteiger partial charge in [-0.2, -0.15) is 0 Å². The lowest BCUT2D eigenvalue weighted by Crippen LogP contribution is -2.50. The maximum Gasteiger partial charge on any atom is 0.345 e. The molecule has 1 aliphatic rings. The largest absolute Gasteiger partial charge is 0.496 e. The fraction of sp³-hybridized carbons (Fsp3) is 0.320. The van der Waals surface area contributed by atoms with Crippen molar-refractivity contribution >= 4 is 17.7 Å². The van der Waals surface area contributed by atoms with Gasteiger partial charge in [0.05, 0.1) is 19.8 Å². The minimum Gasteiger partial charge on any atom is -0.496 e. The van der Waals surface area contributed by atoms with Crippen LogP contribution in [0.4, 0.5) is 10.2 Å². The molecule has 2 atom stereocenters. The number of pyridine rings is 1. The number of halogens is 1. The summed E-state index contributed by atoms with van der Waals surface area (Å²) in [5, 5.41) is 3.27. The Hall–Kier alpha value is -4.08. The van der Waals surface area contributed by atoms with Crippen molar-refractivity contribution in [3.63, 3.8) is 0 Å². The van der Waals surface area contributed by atoms with Crippen LogP contribution in [0.25, 0.3) is 11.4 Å². The maximum absolute atomic E-state index is 14.2. The Morgan fingerprint density at radius 2 is 1.86 bits per heavy atom. The molecule has 1 aliphatic heterocycles. The molecule has 1 saturated heterocycles. The number of likely N-dealkylation sites (tertiary alicyclic amines) is 1. The molecular weight excluding hydrogens is 453 g/mol. The maximum atomic E-state index is 14.2. The number of amides is 1. The number of hydrogen-bond acceptors (Lipinski definition) is 8. The predicted octanol–water partition coefficient (Wildman–Crippen LogP) is 3.58. The van der Waals surface area contributed by atoms with Crippen molar-refractivity contribution in [3.05, 3.63) is 65.9 Å². The topological polar surface area (TPSA) is 107 Å². The Kier molecular flexibility index (Phi) is 7.19. The summed E-state index contributed by atoms with van der Waals surface area (Å²) in [6.07, 6.45) is 6.11. The fourth-order valence-electron chi connectivity index (χ4n) is 4.21. The first-order chi connectivity index (χ1) is 16.9. The third kappa shape index (κ3) is 5.06. The predicted molar refractivity (Wildman–Crippen MR) is 127 cm³/mol. The van der Waals surface area contributed by atoms with E-state index in [1.165, 1.54) is 38.6 Å². The number of ether oxygens (including phenoxy) is 2. The Morgan fingerprint density at radius 1 is 1.09 bits per heavy atom. The van der Waals surface area contributed by atoms with E-state index < -0.39 is 11.8 Å². The molecule has 1 fully saturated rings. The first kappa shape index (κ1) is 24.1. The van der Waals surface area contributed by atoms with Gasteiger partial charge in [-0.25, -0.2) is 24.1 Å². The summed E-state index contributed by atoms with van der Waals surface area (Å²) >= 11 is 0. The van der Waals surface area contributed by atoms with E-state index in [1.807, 2.05) is 6.92 Å². The Balaban J connectivity index is 1.62. The number of rotatable bonds is 6. The average Bonchev–Trinajstić information content (AvgIpc) is 2.89. The number of benzene rings is 1. The molecule has 1 N–H and O–H groups in total. The molecule has 3 heterocycles. The number of methoxy groups -OCH3 is 2. The molecule has 0 radical (unpaired) electrons. The molecule has 0 spiro atoms. The molecule has 0 unspecified atom stereocenters. The summed E-state index contributed by atoms with van der Waals surface area (Å²) in [4.78, 5) is 40.5. The van der Waals surface area contributed by atoms with E-state index in [2.05, 4.69) is 20.3 Å². The summed E-state index contributed by atoms with van der Waals surface area (Å²) in [6.45, 7) is 2.28. The van der Waals surface area contributed by atoms with E-state index in [0.29, 0.717) is 35.9 Å².